The number of nitrogens with zero attached hydrogens (tertiary/aromatic N) is 1. The van der Waals surface area contributed by atoms with Crippen LogP contribution in [0, 0.1) is 0 Å². The number of carbonyl (C=O) groups excluding carboxylic acids is 1. The van der Waals surface area contributed by atoms with Crippen LogP contribution in [0.2, 0.25) is 0 Å². The van der Waals surface area contributed by atoms with Gasteiger partial charge in [0.25, 0.3) is 5.91 Å². The molecule has 4 heteroatoms. The predicted octanol–water partition coefficient (Wildman–Crippen LogP) is 2.96. The molecule has 100 valence electrons. The highest BCUT2D eigenvalue weighted by Gasteiger charge is 2.11. The number of benzene rings is 2. The molecule has 0 bridgehead atoms. The summed E-state index contributed by atoms with van der Waals surface area (Å²) in [6.45, 7) is 0.592. The lowest BCUT2D eigenvalue weighted by molar-refractivity contribution is 0.0785. The van der Waals surface area contributed by atoms with Crippen LogP contribution in [-0.4, -0.2) is 17.9 Å². The van der Waals surface area contributed by atoms with Crippen LogP contribution in [0.15, 0.2) is 54.6 Å². The molecule has 0 atom stereocenters. The minimum Gasteiger partial charge on any atom is -0.399 e. The van der Waals surface area contributed by atoms with Gasteiger partial charge in [-0.25, -0.2) is 0 Å². The van der Waals surface area contributed by atoms with E-state index in [2.05, 4.69) is 0 Å². The van der Waals surface area contributed by atoms with Crippen LogP contribution in [0.25, 0.3) is 0 Å². The molecule has 0 unspecified atom stereocenters. The van der Waals surface area contributed by atoms with Gasteiger partial charge in [0.15, 0.2) is 0 Å². The van der Waals surface area contributed by atoms with Crippen LogP contribution >= 0.6 is 12.4 Å². The van der Waals surface area contributed by atoms with Crippen molar-refractivity contribution in [3.8, 4) is 0 Å². The molecule has 0 aliphatic heterocycles. The van der Waals surface area contributed by atoms with Gasteiger partial charge in [0, 0.05) is 24.8 Å². The smallest absolute Gasteiger partial charge is 0.253 e. The van der Waals surface area contributed by atoms with Gasteiger partial charge in [0.2, 0.25) is 0 Å². The lowest BCUT2D eigenvalue weighted by atomic mass is 10.1. The van der Waals surface area contributed by atoms with Crippen molar-refractivity contribution >= 4 is 24.0 Å². The second kappa shape index (κ2) is 6.81. The summed E-state index contributed by atoms with van der Waals surface area (Å²) < 4.78 is 0. The summed E-state index contributed by atoms with van der Waals surface area (Å²) >= 11 is 0. The molecule has 0 saturated carbocycles. The number of rotatable bonds is 3. The molecule has 0 fully saturated rings. The maximum absolute atomic E-state index is 12.2. The number of amides is 1. The normalized spacial score (nSPS) is 9.53. The number of hydrogen-bond acceptors (Lipinski definition) is 2. The summed E-state index contributed by atoms with van der Waals surface area (Å²) in [5.74, 6) is -0.0221. The van der Waals surface area contributed by atoms with Crippen molar-refractivity contribution in [1.82, 2.24) is 4.90 Å². The van der Waals surface area contributed by atoms with E-state index in [1.165, 1.54) is 0 Å². The summed E-state index contributed by atoms with van der Waals surface area (Å²) in [6, 6.07) is 16.9. The van der Waals surface area contributed by atoms with Gasteiger partial charge in [-0.05, 0) is 23.8 Å². The minimum atomic E-state index is -0.0221. The SMILES string of the molecule is CN(Cc1ccccc1)C(=O)c1cccc(N)c1.Cl. The fourth-order valence-electron chi connectivity index (χ4n) is 1.82. The summed E-state index contributed by atoms with van der Waals surface area (Å²) in [5, 5.41) is 0. The Morgan fingerprint density at radius 1 is 1.11 bits per heavy atom. The van der Waals surface area contributed by atoms with Crippen LogP contribution in [0.3, 0.4) is 0 Å². The van der Waals surface area contributed by atoms with Crippen molar-refractivity contribution in [3.63, 3.8) is 0 Å². The molecule has 0 radical (unpaired) electrons. The minimum absolute atomic E-state index is 0. The molecule has 0 heterocycles. The molecule has 0 spiro atoms. The largest absolute Gasteiger partial charge is 0.399 e. The predicted molar refractivity (Wildman–Crippen MR) is 80.3 cm³/mol. The van der Waals surface area contributed by atoms with Gasteiger partial charge in [0.1, 0.15) is 0 Å². The molecular weight excluding hydrogens is 260 g/mol. The number of carbonyl (C=O) groups is 1. The van der Waals surface area contributed by atoms with Crippen LogP contribution in [0.5, 0.6) is 0 Å². The van der Waals surface area contributed by atoms with E-state index in [-0.39, 0.29) is 18.3 Å². The van der Waals surface area contributed by atoms with Crippen LogP contribution in [-0.2, 0) is 6.54 Å². The van der Waals surface area contributed by atoms with E-state index in [1.54, 1.807) is 36.2 Å². The Morgan fingerprint density at radius 2 is 1.79 bits per heavy atom. The van der Waals surface area contributed by atoms with Crippen molar-refractivity contribution in [1.29, 1.82) is 0 Å². The van der Waals surface area contributed by atoms with Crippen LogP contribution in [0.4, 0.5) is 5.69 Å². The highest BCUT2D eigenvalue weighted by atomic mass is 35.5. The average molecular weight is 277 g/mol. The number of halogens is 1. The van der Waals surface area contributed by atoms with E-state index in [4.69, 9.17) is 5.73 Å². The topological polar surface area (TPSA) is 46.3 Å². The van der Waals surface area contributed by atoms with Crippen LogP contribution in [0.1, 0.15) is 15.9 Å². The zero-order chi connectivity index (χ0) is 13.0. The summed E-state index contributed by atoms with van der Waals surface area (Å²) in [5.41, 5.74) is 8.01. The highest BCUT2D eigenvalue weighted by molar-refractivity contribution is 5.94. The van der Waals surface area contributed by atoms with Gasteiger partial charge >= 0.3 is 0 Å². The standard InChI is InChI=1S/C15H16N2O.ClH/c1-17(11-12-6-3-2-4-7-12)15(18)13-8-5-9-14(16)10-13;/h2-10H,11,16H2,1H3;1H. The third kappa shape index (κ3) is 4.00. The Hall–Kier alpha value is -2.00. The molecule has 2 rings (SSSR count). The van der Waals surface area contributed by atoms with Crippen LogP contribution < -0.4 is 5.73 Å². The molecule has 2 N–H and O–H groups in total. The first-order valence-corrected chi connectivity index (χ1v) is 5.82. The Balaban J connectivity index is 0.00000180. The molecule has 0 saturated heterocycles. The maximum atomic E-state index is 12.2. The number of anilines is 1. The van der Waals surface area contributed by atoms with Gasteiger partial charge in [-0.15, -0.1) is 12.4 Å². The van der Waals surface area contributed by atoms with Gasteiger partial charge in [-0.2, -0.15) is 0 Å². The molecular formula is C15H17ClN2O. The van der Waals surface area contributed by atoms with Crippen molar-refractivity contribution in [2.75, 3.05) is 12.8 Å². The molecule has 0 aliphatic carbocycles. The molecule has 2 aromatic rings. The van der Waals surface area contributed by atoms with Gasteiger partial charge in [-0.3, -0.25) is 4.79 Å². The number of nitrogens with two attached hydrogens (primary N) is 1. The van der Waals surface area contributed by atoms with Gasteiger partial charge in [-0.1, -0.05) is 36.4 Å². The number of nitrogen functional groups attached to an aromatic ring is 1. The van der Waals surface area contributed by atoms with E-state index < -0.39 is 0 Å². The molecule has 3 nitrogen and oxygen atoms in total. The zero-order valence-electron chi connectivity index (χ0n) is 10.7. The van der Waals surface area contributed by atoms with Crippen molar-refractivity contribution in [2.45, 2.75) is 6.54 Å². The Kier molecular flexibility index (Phi) is 5.39. The lowest BCUT2D eigenvalue weighted by Gasteiger charge is -2.17. The molecule has 19 heavy (non-hydrogen) atoms. The second-order valence-electron chi connectivity index (χ2n) is 4.27. The van der Waals surface area contributed by atoms with E-state index >= 15 is 0 Å². The Labute approximate surface area is 119 Å². The molecule has 1 amide bonds. The summed E-state index contributed by atoms with van der Waals surface area (Å²) in [6.07, 6.45) is 0. The average Bonchev–Trinajstić information content (AvgIpc) is 2.39. The lowest BCUT2D eigenvalue weighted by Crippen LogP contribution is -2.26. The number of hydrogen-bond donors (Lipinski definition) is 1. The van der Waals surface area contributed by atoms with E-state index in [0.29, 0.717) is 17.8 Å². The molecule has 0 aliphatic rings. The molecule has 2 aromatic carbocycles. The van der Waals surface area contributed by atoms with Crippen molar-refractivity contribution in [2.24, 2.45) is 0 Å². The third-order valence-corrected chi connectivity index (χ3v) is 2.74. The van der Waals surface area contributed by atoms with E-state index in [0.717, 1.165) is 5.56 Å². The van der Waals surface area contributed by atoms with Gasteiger partial charge in [0.05, 0.1) is 0 Å². The zero-order valence-corrected chi connectivity index (χ0v) is 11.6. The first-order valence-electron chi connectivity index (χ1n) is 5.82. The first-order chi connectivity index (χ1) is 8.66. The molecule has 0 aromatic heterocycles. The second-order valence-corrected chi connectivity index (χ2v) is 4.27. The van der Waals surface area contributed by atoms with Gasteiger partial charge < -0.3 is 10.6 Å². The maximum Gasteiger partial charge on any atom is 0.253 e. The fraction of sp³-hybridized carbons (Fsp3) is 0.133. The summed E-state index contributed by atoms with van der Waals surface area (Å²) in [7, 11) is 1.79. The van der Waals surface area contributed by atoms with Crippen molar-refractivity contribution in [3.05, 3.63) is 65.7 Å². The monoisotopic (exact) mass is 276 g/mol. The van der Waals surface area contributed by atoms with E-state index in [9.17, 15) is 4.79 Å². The van der Waals surface area contributed by atoms with E-state index in [1.807, 2.05) is 30.3 Å². The highest BCUT2D eigenvalue weighted by Crippen LogP contribution is 2.11. The summed E-state index contributed by atoms with van der Waals surface area (Å²) in [4.78, 5) is 13.9. The fourth-order valence-corrected chi connectivity index (χ4v) is 1.82. The Morgan fingerprint density at radius 3 is 2.42 bits per heavy atom. The first kappa shape index (κ1) is 15.1. The van der Waals surface area contributed by atoms with Crippen molar-refractivity contribution < 1.29 is 4.79 Å². The quantitative estimate of drug-likeness (QED) is 0.876. The Bertz CT molecular complexity index is 543. The third-order valence-electron chi connectivity index (χ3n) is 2.74.